The SMILES string of the molecule is Cc1ccc(C(=O)Cn2c(C(F)(F)F)nc3ccccc32)cc1. The van der Waals surface area contributed by atoms with E-state index in [0.29, 0.717) is 11.1 Å². The summed E-state index contributed by atoms with van der Waals surface area (Å²) in [6.45, 7) is 1.47. The number of Topliss-reactive ketones (excluding diaryl/α,β-unsaturated/α-hetero) is 1. The molecule has 23 heavy (non-hydrogen) atoms. The number of carbonyl (C=O) groups is 1. The number of nitrogens with zero attached hydrogens (tertiary/aromatic N) is 2. The van der Waals surface area contributed by atoms with E-state index in [1.54, 1.807) is 36.4 Å². The van der Waals surface area contributed by atoms with Crippen molar-refractivity contribution in [3.05, 3.63) is 65.5 Å². The van der Waals surface area contributed by atoms with Crippen molar-refractivity contribution < 1.29 is 18.0 Å². The van der Waals surface area contributed by atoms with Gasteiger partial charge in [-0.15, -0.1) is 0 Å². The highest BCUT2D eigenvalue weighted by Gasteiger charge is 2.38. The number of ketones is 1. The highest BCUT2D eigenvalue weighted by atomic mass is 19.4. The van der Waals surface area contributed by atoms with Gasteiger partial charge in [0, 0.05) is 5.56 Å². The number of carbonyl (C=O) groups excluding carboxylic acids is 1. The van der Waals surface area contributed by atoms with Gasteiger partial charge in [0.05, 0.1) is 17.6 Å². The highest BCUT2D eigenvalue weighted by molar-refractivity contribution is 5.96. The molecule has 0 N–H and O–H groups in total. The molecule has 0 aliphatic heterocycles. The van der Waals surface area contributed by atoms with Crippen LogP contribution in [0.3, 0.4) is 0 Å². The monoisotopic (exact) mass is 318 g/mol. The molecule has 0 saturated carbocycles. The Balaban J connectivity index is 2.04. The summed E-state index contributed by atoms with van der Waals surface area (Å²) in [5.74, 6) is -1.45. The predicted octanol–water partition coefficient (Wildman–Crippen LogP) is 4.25. The van der Waals surface area contributed by atoms with Crippen LogP contribution in [0.1, 0.15) is 21.7 Å². The first-order chi connectivity index (χ1) is 10.9. The number of hydrogen-bond acceptors (Lipinski definition) is 2. The zero-order valence-electron chi connectivity index (χ0n) is 12.3. The summed E-state index contributed by atoms with van der Waals surface area (Å²) in [4.78, 5) is 16.0. The summed E-state index contributed by atoms with van der Waals surface area (Å²) in [6, 6.07) is 13.0. The van der Waals surface area contributed by atoms with Gasteiger partial charge in [-0.05, 0) is 19.1 Å². The van der Waals surface area contributed by atoms with Crippen LogP contribution in [0.15, 0.2) is 48.5 Å². The second-order valence-electron chi connectivity index (χ2n) is 5.30. The summed E-state index contributed by atoms with van der Waals surface area (Å²) in [6.07, 6.45) is -4.62. The van der Waals surface area contributed by atoms with Crippen molar-refractivity contribution in [3.63, 3.8) is 0 Å². The van der Waals surface area contributed by atoms with Gasteiger partial charge in [0.25, 0.3) is 0 Å². The van der Waals surface area contributed by atoms with Gasteiger partial charge >= 0.3 is 6.18 Å². The van der Waals surface area contributed by atoms with Gasteiger partial charge in [0.15, 0.2) is 5.78 Å². The first-order valence-electron chi connectivity index (χ1n) is 6.98. The number of benzene rings is 2. The molecule has 0 unspecified atom stereocenters. The Morgan fingerprint density at radius 3 is 2.39 bits per heavy atom. The Morgan fingerprint density at radius 2 is 1.74 bits per heavy atom. The topological polar surface area (TPSA) is 34.9 Å². The summed E-state index contributed by atoms with van der Waals surface area (Å²) >= 11 is 0. The fourth-order valence-electron chi connectivity index (χ4n) is 2.43. The van der Waals surface area contributed by atoms with E-state index in [9.17, 15) is 18.0 Å². The van der Waals surface area contributed by atoms with Crippen LogP contribution in [0.2, 0.25) is 0 Å². The van der Waals surface area contributed by atoms with Gasteiger partial charge in [-0.1, -0.05) is 42.0 Å². The molecular formula is C17H13F3N2O. The lowest BCUT2D eigenvalue weighted by atomic mass is 10.1. The molecule has 6 heteroatoms. The highest BCUT2D eigenvalue weighted by Crippen LogP contribution is 2.31. The molecule has 0 aliphatic rings. The normalized spacial score (nSPS) is 11.8. The minimum absolute atomic E-state index is 0.219. The number of aryl methyl sites for hydroxylation is 1. The van der Waals surface area contributed by atoms with Crippen LogP contribution in [0, 0.1) is 6.92 Å². The van der Waals surface area contributed by atoms with Crippen LogP contribution in [0.25, 0.3) is 11.0 Å². The number of halogens is 3. The third-order valence-electron chi connectivity index (χ3n) is 3.58. The standard InChI is InChI=1S/C17H13F3N2O/c1-11-6-8-12(9-7-11)15(23)10-22-14-5-3-2-4-13(14)21-16(22)17(18,19)20/h2-9H,10H2,1H3. The average molecular weight is 318 g/mol. The number of fused-ring (bicyclic) bond motifs is 1. The van der Waals surface area contributed by atoms with Crippen LogP contribution in [-0.2, 0) is 12.7 Å². The maximum absolute atomic E-state index is 13.2. The second-order valence-corrected chi connectivity index (χ2v) is 5.30. The molecule has 0 radical (unpaired) electrons. The minimum Gasteiger partial charge on any atom is -0.312 e. The van der Waals surface area contributed by atoms with Gasteiger partial charge in [0.1, 0.15) is 0 Å². The van der Waals surface area contributed by atoms with Crippen LogP contribution in [-0.4, -0.2) is 15.3 Å². The quantitative estimate of drug-likeness (QED) is 0.677. The summed E-state index contributed by atoms with van der Waals surface area (Å²) in [7, 11) is 0. The van der Waals surface area contributed by atoms with Crippen molar-refractivity contribution >= 4 is 16.8 Å². The first kappa shape index (κ1) is 15.3. The number of alkyl halides is 3. The van der Waals surface area contributed by atoms with Gasteiger partial charge in [-0.2, -0.15) is 13.2 Å². The average Bonchev–Trinajstić information content (AvgIpc) is 2.87. The Hall–Kier alpha value is -2.63. The number of aromatic nitrogens is 2. The van der Waals surface area contributed by atoms with Gasteiger partial charge in [-0.25, -0.2) is 4.98 Å². The Kier molecular flexibility index (Phi) is 3.67. The number of hydrogen-bond donors (Lipinski definition) is 0. The first-order valence-corrected chi connectivity index (χ1v) is 6.98. The molecule has 0 spiro atoms. The van der Waals surface area contributed by atoms with Crippen LogP contribution < -0.4 is 0 Å². The summed E-state index contributed by atoms with van der Waals surface area (Å²) in [5.41, 5.74) is 1.86. The molecule has 0 aliphatic carbocycles. The van der Waals surface area contributed by atoms with Gasteiger partial charge in [0.2, 0.25) is 5.82 Å². The fourth-order valence-corrected chi connectivity index (χ4v) is 2.43. The van der Waals surface area contributed by atoms with Crippen LogP contribution in [0.5, 0.6) is 0 Å². The fraction of sp³-hybridized carbons (Fsp3) is 0.176. The van der Waals surface area contributed by atoms with Crippen LogP contribution in [0.4, 0.5) is 13.2 Å². The number of imidazole rings is 1. The Morgan fingerprint density at radius 1 is 1.09 bits per heavy atom. The van der Waals surface area contributed by atoms with E-state index in [0.717, 1.165) is 10.1 Å². The van der Waals surface area contributed by atoms with Gasteiger partial charge < -0.3 is 4.57 Å². The number of para-hydroxylation sites is 2. The Bertz CT molecular complexity index is 864. The molecule has 3 aromatic rings. The molecule has 2 aromatic carbocycles. The number of rotatable bonds is 3. The van der Waals surface area contributed by atoms with E-state index in [4.69, 9.17) is 0 Å². The van der Waals surface area contributed by atoms with E-state index in [1.807, 2.05) is 6.92 Å². The molecule has 3 rings (SSSR count). The third-order valence-corrected chi connectivity index (χ3v) is 3.58. The second kappa shape index (κ2) is 5.53. The van der Waals surface area contributed by atoms with E-state index in [-0.39, 0.29) is 5.52 Å². The van der Waals surface area contributed by atoms with E-state index >= 15 is 0 Å². The van der Waals surface area contributed by atoms with E-state index in [2.05, 4.69) is 4.98 Å². The summed E-state index contributed by atoms with van der Waals surface area (Å²) in [5, 5.41) is 0. The third kappa shape index (κ3) is 2.97. The zero-order chi connectivity index (χ0) is 16.6. The molecule has 1 heterocycles. The van der Waals surface area contributed by atoms with Crippen molar-refractivity contribution in [1.29, 1.82) is 0 Å². The van der Waals surface area contributed by atoms with Crippen molar-refractivity contribution in [1.82, 2.24) is 9.55 Å². The van der Waals surface area contributed by atoms with Crippen molar-refractivity contribution in [2.45, 2.75) is 19.6 Å². The van der Waals surface area contributed by atoms with E-state index < -0.39 is 24.3 Å². The molecule has 0 bridgehead atoms. The molecule has 1 aromatic heterocycles. The lowest BCUT2D eigenvalue weighted by molar-refractivity contribution is -0.146. The molecule has 118 valence electrons. The maximum atomic E-state index is 13.2. The van der Waals surface area contributed by atoms with Crippen molar-refractivity contribution in [3.8, 4) is 0 Å². The van der Waals surface area contributed by atoms with E-state index in [1.165, 1.54) is 12.1 Å². The smallest absolute Gasteiger partial charge is 0.312 e. The minimum atomic E-state index is -4.62. The van der Waals surface area contributed by atoms with Crippen LogP contribution >= 0.6 is 0 Å². The maximum Gasteiger partial charge on any atom is 0.449 e. The molecule has 3 nitrogen and oxygen atoms in total. The molecular weight excluding hydrogens is 305 g/mol. The van der Waals surface area contributed by atoms with Crippen molar-refractivity contribution in [2.75, 3.05) is 0 Å². The lowest BCUT2D eigenvalue weighted by Crippen LogP contribution is -2.19. The predicted molar refractivity (Wildman–Crippen MR) is 80.2 cm³/mol. The van der Waals surface area contributed by atoms with Crippen molar-refractivity contribution in [2.24, 2.45) is 0 Å². The molecule has 0 saturated heterocycles. The molecule has 0 fully saturated rings. The Labute approximate surface area is 130 Å². The lowest BCUT2D eigenvalue weighted by Gasteiger charge is -2.11. The largest absolute Gasteiger partial charge is 0.449 e. The molecule has 0 atom stereocenters. The van der Waals surface area contributed by atoms with Gasteiger partial charge in [-0.3, -0.25) is 4.79 Å². The molecule has 0 amide bonds. The zero-order valence-corrected chi connectivity index (χ0v) is 12.3. The summed E-state index contributed by atoms with van der Waals surface area (Å²) < 4.78 is 40.5.